The smallest absolute Gasteiger partial charge is 0.249 e. The largest absolute Gasteiger partial charge is 0.419 e. The topological polar surface area (TPSA) is 76.7 Å². The van der Waals surface area contributed by atoms with E-state index in [2.05, 4.69) is 25.7 Å². The molecule has 2 aromatic rings. The zero-order valence-corrected chi connectivity index (χ0v) is 10.2. The zero-order valence-electron chi connectivity index (χ0n) is 10.2. The van der Waals surface area contributed by atoms with Crippen molar-refractivity contribution in [3.63, 3.8) is 0 Å². The average molecular weight is 233 g/mol. The minimum Gasteiger partial charge on any atom is -0.419 e. The summed E-state index contributed by atoms with van der Waals surface area (Å²) in [5.41, 5.74) is 2.46. The highest BCUT2D eigenvalue weighted by Gasteiger charge is 2.12. The minimum absolute atomic E-state index is 0.494. The molecule has 0 bridgehead atoms. The molecule has 0 fully saturated rings. The quantitative estimate of drug-likeness (QED) is 0.856. The van der Waals surface area contributed by atoms with Crippen molar-refractivity contribution in [2.45, 2.75) is 27.3 Å². The van der Waals surface area contributed by atoms with Crippen LogP contribution < -0.4 is 5.32 Å². The average Bonchev–Trinajstić information content (AvgIpc) is 2.78. The van der Waals surface area contributed by atoms with E-state index in [9.17, 15) is 0 Å². The molecule has 0 saturated carbocycles. The lowest BCUT2D eigenvalue weighted by Gasteiger charge is -1.99. The summed E-state index contributed by atoms with van der Waals surface area (Å²) in [5.74, 6) is 1.07. The molecule has 2 aromatic heterocycles. The van der Waals surface area contributed by atoms with Crippen molar-refractivity contribution >= 4 is 0 Å². The second-order valence-electron chi connectivity index (χ2n) is 3.77. The Balaban J connectivity index is 2.27. The van der Waals surface area contributed by atoms with Crippen LogP contribution in [0.3, 0.4) is 0 Å². The van der Waals surface area contributed by atoms with Gasteiger partial charge >= 0.3 is 0 Å². The van der Waals surface area contributed by atoms with Gasteiger partial charge in [-0.2, -0.15) is 10.2 Å². The van der Waals surface area contributed by atoms with Crippen molar-refractivity contribution in [2.75, 3.05) is 6.54 Å². The van der Waals surface area contributed by atoms with Crippen LogP contribution in [0.1, 0.15) is 24.2 Å². The number of hydrogen-bond donors (Lipinski definition) is 1. The molecule has 2 heterocycles. The van der Waals surface area contributed by atoms with Gasteiger partial charge in [-0.05, 0) is 26.5 Å². The second-order valence-corrected chi connectivity index (χ2v) is 3.77. The summed E-state index contributed by atoms with van der Waals surface area (Å²) >= 11 is 0. The van der Waals surface area contributed by atoms with Crippen molar-refractivity contribution in [2.24, 2.45) is 0 Å². The summed E-state index contributed by atoms with van der Waals surface area (Å²) < 4.78 is 5.56. The predicted octanol–water partition coefficient (Wildman–Crippen LogP) is 1.25. The number of aromatic nitrogens is 4. The molecule has 6 nitrogen and oxygen atoms in total. The number of rotatable bonds is 4. The number of nitrogens with zero attached hydrogens (tertiary/aromatic N) is 4. The Hall–Kier alpha value is -1.82. The first-order chi connectivity index (χ1) is 8.20. The van der Waals surface area contributed by atoms with Crippen LogP contribution in [0.25, 0.3) is 11.5 Å². The van der Waals surface area contributed by atoms with Gasteiger partial charge in [0.1, 0.15) is 0 Å². The lowest BCUT2D eigenvalue weighted by atomic mass is 10.2. The normalized spacial score (nSPS) is 10.8. The molecule has 0 aliphatic heterocycles. The highest BCUT2D eigenvalue weighted by atomic mass is 16.4. The van der Waals surface area contributed by atoms with Crippen LogP contribution in [-0.4, -0.2) is 26.9 Å². The maximum absolute atomic E-state index is 5.56. The lowest BCUT2D eigenvalue weighted by Crippen LogP contribution is -2.11. The molecule has 0 aliphatic rings. The van der Waals surface area contributed by atoms with Gasteiger partial charge in [0.15, 0.2) is 0 Å². The molecule has 2 rings (SSSR count). The van der Waals surface area contributed by atoms with Crippen LogP contribution in [-0.2, 0) is 6.54 Å². The predicted molar refractivity (Wildman–Crippen MR) is 62.2 cm³/mol. The second kappa shape index (κ2) is 5.01. The minimum atomic E-state index is 0.494. The van der Waals surface area contributed by atoms with Crippen LogP contribution in [0.5, 0.6) is 0 Å². The molecule has 0 saturated heterocycles. The van der Waals surface area contributed by atoms with Gasteiger partial charge in [0.2, 0.25) is 11.8 Å². The molecule has 0 atom stereocenters. The van der Waals surface area contributed by atoms with E-state index in [1.807, 2.05) is 26.8 Å². The highest BCUT2D eigenvalue weighted by Crippen LogP contribution is 2.20. The van der Waals surface area contributed by atoms with Gasteiger partial charge < -0.3 is 9.73 Å². The van der Waals surface area contributed by atoms with E-state index in [-0.39, 0.29) is 0 Å². The Kier molecular flexibility index (Phi) is 3.43. The first-order valence-electron chi connectivity index (χ1n) is 5.55. The molecule has 0 unspecified atom stereocenters. The summed E-state index contributed by atoms with van der Waals surface area (Å²) in [5, 5.41) is 19.1. The number of hydrogen-bond acceptors (Lipinski definition) is 6. The first kappa shape index (κ1) is 11.7. The van der Waals surface area contributed by atoms with Gasteiger partial charge in [-0.15, -0.1) is 10.2 Å². The van der Waals surface area contributed by atoms with Gasteiger partial charge in [0.25, 0.3) is 0 Å². The summed E-state index contributed by atoms with van der Waals surface area (Å²) in [6.07, 6.45) is 0. The third-order valence-corrected chi connectivity index (χ3v) is 2.32. The third kappa shape index (κ3) is 2.65. The fraction of sp³-hybridized carbons (Fsp3) is 0.455. The maximum Gasteiger partial charge on any atom is 0.249 e. The Morgan fingerprint density at radius 2 is 2.00 bits per heavy atom. The van der Waals surface area contributed by atoms with Crippen LogP contribution in [0.4, 0.5) is 0 Å². The summed E-state index contributed by atoms with van der Waals surface area (Å²) in [6, 6.07) is 1.90. The van der Waals surface area contributed by atoms with Crippen molar-refractivity contribution < 1.29 is 4.42 Å². The van der Waals surface area contributed by atoms with Gasteiger partial charge in [-0.25, -0.2) is 0 Å². The SMILES string of the molecule is CCNCc1nnc(-c2cc(C)nnc2C)o1. The van der Waals surface area contributed by atoms with Crippen LogP contribution in [0.15, 0.2) is 10.5 Å². The fourth-order valence-corrected chi connectivity index (χ4v) is 1.43. The molecule has 0 aromatic carbocycles. The van der Waals surface area contributed by atoms with E-state index in [1.54, 1.807) is 0 Å². The standard InChI is InChI=1S/C11H15N5O/c1-4-12-6-10-15-16-11(17-10)9-5-7(2)13-14-8(9)3/h5,12H,4,6H2,1-3H3. The Labute approximate surface area is 99.5 Å². The molecule has 0 amide bonds. The lowest BCUT2D eigenvalue weighted by molar-refractivity contribution is 0.481. The maximum atomic E-state index is 5.56. The van der Waals surface area contributed by atoms with E-state index < -0.39 is 0 Å². The van der Waals surface area contributed by atoms with Crippen molar-refractivity contribution in [3.05, 3.63) is 23.3 Å². The summed E-state index contributed by atoms with van der Waals surface area (Å²) in [4.78, 5) is 0. The van der Waals surface area contributed by atoms with Gasteiger partial charge in [-0.3, -0.25) is 0 Å². The molecular weight excluding hydrogens is 218 g/mol. The van der Waals surface area contributed by atoms with E-state index >= 15 is 0 Å². The van der Waals surface area contributed by atoms with Crippen molar-refractivity contribution in [3.8, 4) is 11.5 Å². The molecule has 0 aliphatic carbocycles. The summed E-state index contributed by atoms with van der Waals surface area (Å²) in [7, 11) is 0. The van der Waals surface area contributed by atoms with Crippen LogP contribution >= 0.6 is 0 Å². The van der Waals surface area contributed by atoms with Gasteiger partial charge in [0, 0.05) is 0 Å². The molecule has 6 heteroatoms. The summed E-state index contributed by atoms with van der Waals surface area (Å²) in [6.45, 7) is 7.23. The zero-order chi connectivity index (χ0) is 12.3. The molecule has 17 heavy (non-hydrogen) atoms. The Bertz CT molecular complexity index is 508. The Morgan fingerprint density at radius 3 is 2.76 bits per heavy atom. The van der Waals surface area contributed by atoms with E-state index in [0.717, 1.165) is 23.5 Å². The van der Waals surface area contributed by atoms with E-state index in [0.29, 0.717) is 18.3 Å². The van der Waals surface area contributed by atoms with E-state index in [1.165, 1.54) is 0 Å². The fourth-order valence-electron chi connectivity index (χ4n) is 1.43. The molecule has 0 spiro atoms. The van der Waals surface area contributed by atoms with Gasteiger partial charge in [0.05, 0.1) is 23.5 Å². The molecular formula is C11H15N5O. The first-order valence-corrected chi connectivity index (χ1v) is 5.55. The highest BCUT2D eigenvalue weighted by molar-refractivity contribution is 5.55. The van der Waals surface area contributed by atoms with E-state index in [4.69, 9.17) is 4.42 Å². The number of aryl methyl sites for hydroxylation is 2. The molecule has 90 valence electrons. The third-order valence-electron chi connectivity index (χ3n) is 2.32. The van der Waals surface area contributed by atoms with Crippen LogP contribution in [0.2, 0.25) is 0 Å². The number of nitrogens with one attached hydrogen (secondary N) is 1. The monoisotopic (exact) mass is 233 g/mol. The van der Waals surface area contributed by atoms with Gasteiger partial charge in [-0.1, -0.05) is 6.92 Å². The van der Waals surface area contributed by atoms with Crippen LogP contribution in [0, 0.1) is 13.8 Å². The van der Waals surface area contributed by atoms with Crippen molar-refractivity contribution in [1.29, 1.82) is 0 Å². The molecule has 1 N–H and O–H groups in total. The van der Waals surface area contributed by atoms with Crippen molar-refractivity contribution in [1.82, 2.24) is 25.7 Å². The Morgan fingerprint density at radius 1 is 1.18 bits per heavy atom. The molecule has 0 radical (unpaired) electrons.